The molecule has 0 spiro atoms. The standard InChI is InChI=1S/C12H15ClN2O/c13-9-6-3-7-10(14)11(9)15-12(16)8-4-1-2-5-8/h3,6-8H,1-2,4-5,14H2,(H,15,16). The highest BCUT2D eigenvalue weighted by Gasteiger charge is 2.23. The zero-order valence-corrected chi connectivity index (χ0v) is 9.76. The number of nitrogen functional groups attached to an aromatic ring is 1. The van der Waals surface area contributed by atoms with Crippen molar-refractivity contribution in [2.75, 3.05) is 11.1 Å². The molecule has 0 heterocycles. The Morgan fingerprint density at radius 2 is 2.06 bits per heavy atom. The molecule has 86 valence electrons. The lowest BCUT2D eigenvalue weighted by molar-refractivity contribution is -0.119. The van der Waals surface area contributed by atoms with Gasteiger partial charge in [-0.1, -0.05) is 30.5 Å². The highest BCUT2D eigenvalue weighted by atomic mass is 35.5. The van der Waals surface area contributed by atoms with Crippen LogP contribution < -0.4 is 11.1 Å². The number of anilines is 2. The summed E-state index contributed by atoms with van der Waals surface area (Å²) in [6, 6.07) is 5.22. The molecule has 2 rings (SSSR count). The molecule has 1 amide bonds. The Labute approximate surface area is 100.0 Å². The number of carbonyl (C=O) groups is 1. The van der Waals surface area contributed by atoms with Crippen LogP contribution in [0.3, 0.4) is 0 Å². The molecule has 0 saturated heterocycles. The molecule has 1 aliphatic carbocycles. The molecule has 1 fully saturated rings. The zero-order valence-electron chi connectivity index (χ0n) is 9.00. The van der Waals surface area contributed by atoms with E-state index in [0.717, 1.165) is 25.7 Å². The summed E-state index contributed by atoms with van der Waals surface area (Å²) in [4.78, 5) is 11.9. The van der Waals surface area contributed by atoms with Crippen molar-refractivity contribution in [1.82, 2.24) is 0 Å². The molecule has 16 heavy (non-hydrogen) atoms. The topological polar surface area (TPSA) is 55.1 Å². The molecule has 1 saturated carbocycles. The first-order valence-corrected chi connectivity index (χ1v) is 5.91. The van der Waals surface area contributed by atoms with E-state index in [1.165, 1.54) is 0 Å². The Hall–Kier alpha value is -1.22. The number of hydrogen-bond acceptors (Lipinski definition) is 2. The van der Waals surface area contributed by atoms with E-state index in [1.54, 1.807) is 18.2 Å². The number of carbonyl (C=O) groups excluding carboxylic acids is 1. The van der Waals surface area contributed by atoms with E-state index in [-0.39, 0.29) is 11.8 Å². The van der Waals surface area contributed by atoms with Gasteiger partial charge in [0.25, 0.3) is 0 Å². The summed E-state index contributed by atoms with van der Waals surface area (Å²) in [7, 11) is 0. The molecule has 0 atom stereocenters. The van der Waals surface area contributed by atoms with Crippen LogP contribution >= 0.6 is 11.6 Å². The van der Waals surface area contributed by atoms with Crippen molar-refractivity contribution in [3.8, 4) is 0 Å². The Kier molecular flexibility index (Phi) is 3.34. The Morgan fingerprint density at radius 1 is 1.38 bits per heavy atom. The summed E-state index contributed by atoms with van der Waals surface area (Å²) >= 11 is 5.99. The summed E-state index contributed by atoms with van der Waals surface area (Å²) < 4.78 is 0. The maximum Gasteiger partial charge on any atom is 0.227 e. The van der Waals surface area contributed by atoms with Gasteiger partial charge in [-0.15, -0.1) is 0 Å². The van der Waals surface area contributed by atoms with Gasteiger partial charge >= 0.3 is 0 Å². The second kappa shape index (κ2) is 4.74. The smallest absolute Gasteiger partial charge is 0.227 e. The van der Waals surface area contributed by atoms with Crippen molar-refractivity contribution in [2.24, 2.45) is 5.92 Å². The molecular formula is C12H15ClN2O. The number of nitrogens with one attached hydrogen (secondary N) is 1. The molecule has 1 aromatic carbocycles. The van der Waals surface area contributed by atoms with Crippen molar-refractivity contribution in [3.05, 3.63) is 23.2 Å². The van der Waals surface area contributed by atoms with Crippen molar-refractivity contribution in [1.29, 1.82) is 0 Å². The normalized spacial score (nSPS) is 16.3. The highest BCUT2D eigenvalue weighted by molar-refractivity contribution is 6.34. The predicted molar refractivity (Wildman–Crippen MR) is 66.5 cm³/mol. The third-order valence-electron chi connectivity index (χ3n) is 3.02. The molecular weight excluding hydrogens is 224 g/mol. The van der Waals surface area contributed by atoms with Crippen molar-refractivity contribution in [2.45, 2.75) is 25.7 Å². The number of benzene rings is 1. The van der Waals surface area contributed by atoms with Crippen LogP contribution in [-0.2, 0) is 4.79 Å². The fraction of sp³-hybridized carbons (Fsp3) is 0.417. The molecule has 0 aliphatic heterocycles. The number of rotatable bonds is 2. The average Bonchev–Trinajstić information content (AvgIpc) is 2.76. The lowest BCUT2D eigenvalue weighted by Crippen LogP contribution is -2.21. The van der Waals surface area contributed by atoms with Crippen LogP contribution in [0, 0.1) is 5.92 Å². The lowest BCUT2D eigenvalue weighted by Gasteiger charge is -2.13. The van der Waals surface area contributed by atoms with Crippen molar-refractivity contribution < 1.29 is 4.79 Å². The SMILES string of the molecule is Nc1cccc(Cl)c1NC(=O)C1CCCC1. The van der Waals surface area contributed by atoms with Gasteiger partial charge in [0.05, 0.1) is 16.4 Å². The minimum Gasteiger partial charge on any atom is -0.397 e. The van der Waals surface area contributed by atoms with E-state index < -0.39 is 0 Å². The van der Waals surface area contributed by atoms with Gasteiger partial charge in [-0.3, -0.25) is 4.79 Å². The van der Waals surface area contributed by atoms with E-state index in [4.69, 9.17) is 17.3 Å². The monoisotopic (exact) mass is 238 g/mol. The third kappa shape index (κ3) is 2.30. The average molecular weight is 239 g/mol. The van der Waals surface area contributed by atoms with Crippen LogP contribution in [0.15, 0.2) is 18.2 Å². The quantitative estimate of drug-likeness (QED) is 0.778. The van der Waals surface area contributed by atoms with Crippen molar-refractivity contribution in [3.63, 3.8) is 0 Å². The van der Waals surface area contributed by atoms with E-state index in [2.05, 4.69) is 5.32 Å². The summed E-state index contributed by atoms with van der Waals surface area (Å²) in [5, 5.41) is 3.32. The molecule has 3 nitrogen and oxygen atoms in total. The lowest BCUT2D eigenvalue weighted by atomic mass is 10.1. The predicted octanol–water partition coefficient (Wildman–Crippen LogP) is 3.05. The van der Waals surface area contributed by atoms with E-state index in [9.17, 15) is 4.79 Å². The minimum absolute atomic E-state index is 0.0392. The van der Waals surface area contributed by atoms with Gasteiger partial charge in [0.15, 0.2) is 0 Å². The summed E-state index contributed by atoms with van der Waals surface area (Å²) in [6.07, 6.45) is 4.21. The molecule has 0 unspecified atom stereocenters. The molecule has 0 aromatic heterocycles. The zero-order chi connectivity index (χ0) is 11.5. The summed E-state index contributed by atoms with van der Waals surface area (Å²) in [5.41, 5.74) is 6.82. The summed E-state index contributed by atoms with van der Waals surface area (Å²) in [6.45, 7) is 0. The van der Waals surface area contributed by atoms with Gasteiger partial charge in [-0.25, -0.2) is 0 Å². The van der Waals surface area contributed by atoms with Crippen molar-refractivity contribution >= 4 is 28.9 Å². The molecule has 4 heteroatoms. The second-order valence-corrected chi connectivity index (χ2v) is 4.58. The van der Waals surface area contributed by atoms with Crippen LogP contribution in [0.5, 0.6) is 0 Å². The fourth-order valence-corrected chi connectivity index (χ4v) is 2.32. The minimum atomic E-state index is 0.0392. The molecule has 0 bridgehead atoms. The Bertz CT molecular complexity index is 380. The number of para-hydroxylation sites is 1. The summed E-state index contributed by atoms with van der Waals surface area (Å²) in [5.74, 6) is 0.160. The van der Waals surface area contributed by atoms with Gasteiger partial charge in [-0.05, 0) is 25.0 Å². The number of amides is 1. The van der Waals surface area contributed by atoms with Crippen LogP contribution in [0.1, 0.15) is 25.7 Å². The number of halogens is 1. The van der Waals surface area contributed by atoms with Gasteiger partial charge in [0.1, 0.15) is 0 Å². The van der Waals surface area contributed by atoms with Crippen LogP contribution in [0.4, 0.5) is 11.4 Å². The molecule has 1 aliphatic rings. The van der Waals surface area contributed by atoms with Crippen LogP contribution in [-0.4, -0.2) is 5.91 Å². The first kappa shape index (κ1) is 11.3. The molecule has 3 N–H and O–H groups in total. The molecule has 1 aromatic rings. The van der Waals surface area contributed by atoms with E-state index in [1.807, 2.05) is 0 Å². The first-order chi connectivity index (χ1) is 7.68. The van der Waals surface area contributed by atoms with Gasteiger partial charge in [0.2, 0.25) is 5.91 Å². The van der Waals surface area contributed by atoms with Crippen LogP contribution in [0.2, 0.25) is 5.02 Å². The second-order valence-electron chi connectivity index (χ2n) is 4.17. The highest BCUT2D eigenvalue weighted by Crippen LogP contribution is 2.31. The molecule has 0 radical (unpaired) electrons. The Balaban J connectivity index is 2.11. The Morgan fingerprint density at radius 3 is 2.69 bits per heavy atom. The first-order valence-electron chi connectivity index (χ1n) is 5.53. The number of hydrogen-bond donors (Lipinski definition) is 2. The van der Waals surface area contributed by atoms with Crippen LogP contribution in [0.25, 0.3) is 0 Å². The number of nitrogens with two attached hydrogens (primary N) is 1. The maximum absolute atomic E-state index is 11.9. The van der Waals surface area contributed by atoms with E-state index >= 15 is 0 Å². The largest absolute Gasteiger partial charge is 0.397 e. The third-order valence-corrected chi connectivity index (χ3v) is 3.33. The fourth-order valence-electron chi connectivity index (χ4n) is 2.09. The van der Waals surface area contributed by atoms with Gasteiger partial charge in [-0.2, -0.15) is 0 Å². The van der Waals surface area contributed by atoms with Gasteiger partial charge < -0.3 is 11.1 Å². The van der Waals surface area contributed by atoms with E-state index in [0.29, 0.717) is 16.4 Å². The van der Waals surface area contributed by atoms with Gasteiger partial charge in [0, 0.05) is 5.92 Å². The maximum atomic E-state index is 11.9.